The second kappa shape index (κ2) is 7.29. The van der Waals surface area contributed by atoms with Gasteiger partial charge in [-0.3, -0.25) is 4.79 Å². The third kappa shape index (κ3) is 3.44. The molecule has 0 bridgehead atoms. The van der Waals surface area contributed by atoms with Crippen molar-refractivity contribution in [2.24, 2.45) is 0 Å². The zero-order valence-electron chi connectivity index (χ0n) is 15.8. The van der Waals surface area contributed by atoms with Crippen LogP contribution in [0.2, 0.25) is 0 Å². The quantitative estimate of drug-likeness (QED) is 0.779. The molecule has 1 fully saturated rings. The van der Waals surface area contributed by atoms with Crippen molar-refractivity contribution in [3.8, 4) is 0 Å². The molecule has 2 aliphatic heterocycles. The van der Waals surface area contributed by atoms with Gasteiger partial charge < -0.3 is 9.47 Å². The minimum atomic E-state index is -3.83. The number of imidazole rings is 1. The van der Waals surface area contributed by atoms with Crippen LogP contribution in [0.25, 0.3) is 0 Å². The number of carbonyl (C=O) groups excluding carboxylic acids is 1. The van der Waals surface area contributed by atoms with E-state index in [0.717, 1.165) is 23.9 Å². The molecule has 1 amide bonds. The molecule has 150 valence electrons. The summed E-state index contributed by atoms with van der Waals surface area (Å²) < 4.78 is 43.5. The highest BCUT2D eigenvalue weighted by atomic mass is 32.2. The summed E-state index contributed by atoms with van der Waals surface area (Å²) in [6, 6.07) is 4.01. The molecule has 0 N–H and O–H groups in total. The van der Waals surface area contributed by atoms with Gasteiger partial charge in [-0.25, -0.2) is 17.8 Å². The minimum absolute atomic E-state index is 0.0418. The number of rotatable bonds is 4. The van der Waals surface area contributed by atoms with Crippen LogP contribution in [0.3, 0.4) is 0 Å². The fourth-order valence-corrected chi connectivity index (χ4v) is 5.21. The van der Waals surface area contributed by atoms with E-state index in [-0.39, 0.29) is 17.3 Å². The average molecular weight is 406 g/mol. The Balaban J connectivity index is 1.62. The van der Waals surface area contributed by atoms with Gasteiger partial charge in [-0.2, -0.15) is 4.31 Å². The third-order valence-electron chi connectivity index (χ3n) is 5.46. The predicted molar refractivity (Wildman–Crippen MR) is 100 cm³/mol. The Morgan fingerprint density at radius 1 is 1.18 bits per heavy atom. The van der Waals surface area contributed by atoms with Crippen molar-refractivity contribution >= 4 is 15.9 Å². The molecule has 0 aliphatic carbocycles. The van der Waals surface area contributed by atoms with E-state index in [1.807, 2.05) is 4.57 Å². The van der Waals surface area contributed by atoms with Crippen molar-refractivity contribution in [3.63, 3.8) is 0 Å². The Morgan fingerprint density at radius 2 is 2.00 bits per heavy atom. The van der Waals surface area contributed by atoms with Gasteiger partial charge in [-0.05, 0) is 37.5 Å². The largest absolute Gasteiger partial charge is 0.337 e. The number of aromatic nitrogens is 2. The van der Waals surface area contributed by atoms with Crippen LogP contribution < -0.4 is 0 Å². The van der Waals surface area contributed by atoms with Crippen LogP contribution in [-0.2, 0) is 34.5 Å². The standard InChI is InChI=1S/C19H23FN4O3S/c1-14-5-6-15(10-16(14)20)28(26,27)24-9-3-8-23-13-21-17(18(23)12-24)11-22-7-2-4-19(22)25/h5-6,10,13H,2-4,7-9,11-12H2,1H3. The highest BCUT2D eigenvalue weighted by Crippen LogP contribution is 2.25. The second-order valence-corrected chi connectivity index (χ2v) is 9.29. The number of halogens is 1. The first-order chi connectivity index (χ1) is 13.4. The molecule has 3 heterocycles. The number of aryl methyl sites for hydroxylation is 2. The van der Waals surface area contributed by atoms with E-state index in [1.165, 1.54) is 16.4 Å². The van der Waals surface area contributed by atoms with Gasteiger partial charge in [0.05, 0.1) is 35.7 Å². The van der Waals surface area contributed by atoms with E-state index in [2.05, 4.69) is 4.98 Å². The van der Waals surface area contributed by atoms with Gasteiger partial charge in [-0.15, -0.1) is 0 Å². The Kier molecular flexibility index (Phi) is 4.96. The van der Waals surface area contributed by atoms with E-state index in [1.54, 1.807) is 18.2 Å². The lowest BCUT2D eigenvalue weighted by Crippen LogP contribution is -2.32. The zero-order chi connectivity index (χ0) is 19.9. The zero-order valence-corrected chi connectivity index (χ0v) is 16.6. The summed E-state index contributed by atoms with van der Waals surface area (Å²) in [5, 5.41) is 0. The average Bonchev–Trinajstić information content (AvgIpc) is 3.16. The summed E-state index contributed by atoms with van der Waals surface area (Å²) in [6.45, 7) is 3.87. The number of sulfonamides is 1. The molecule has 1 aromatic heterocycles. The van der Waals surface area contributed by atoms with Crippen molar-refractivity contribution in [1.29, 1.82) is 0 Å². The number of fused-ring (bicyclic) bond motifs is 1. The maximum Gasteiger partial charge on any atom is 0.243 e. The third-order valence-corrected chi connectivity index (χ3v) is 7.30. The monoisotopic (exact) mass is 406 g/mol. The van der Waals surface area contributed by atoms with Crippen LogP contribution >= 0.6 is 0 Å². The normalized spacial score (nSPS) is 18.4. The molecule has 0 spiro atoms. The number of hydrogen-bond acceptors (Lipinski definition) is 4. The Labute approximate surface area is 163 Å². The first-order valence-electron chi connectivity index (χ1n) is 9.43. The maximum atomic E-state index is 13.9. The number of nitrogens with zero attached hydrogens (tertiary/aromatic N) is 4. The maximum absolute atomic E-state index is 13.9. The van der Waals surface area contributed by atoms with Gasteiger partial charge in [0, 0.05) is 26.1 Å². The summed E-state index contributed by atoms with van der Waals surface area (Å²) in [7, 11) is -3.83. The summed E-state index contributed by atoms with van der Waals surface area (Å²) in [5.74, 6) is -0.427. The molecule has 9 heteroatoms. The van der Waals surface area contributed by atoms with Crippen LogP contribution in [0.1, 0.15) is 36.2 Å². The molecular formula is C19H23FN4O3S. The molecule has 0 unspecified atom stereocenters. The molecule has 0 atom stereocenters. The van der Waals surface area contributed by atoms with Crippen molar-refractivity contribution in [2.45, 2.75) is 50.7 Å². The molecule has 7 nitrogen and oxygen atoms in total. The number of likely N-dealkylation sites (tertiary alicyclic amines) is 1. The molecule has 2 aliphatic rings. The number of amides is 1. The summed E-state index contributed by atoms with van der Waals surface area (Å²) in [5.41, 5.74) is 1.94. The van der Waals surface area contributed by atoms with Crippen molar-refractivity contribution in [2.75, 3.05) is 13.1 Å². The summed E-state index contributed by atoms with van der Waals surface area (Å²) >= 11 is 0. The molecule has 4 rings (SSSR count). The van der Waals surface area contributed by atoms with Gasteiger partial charge >= 0.3 is 0 Å². The molecule has 0 radical (unpaired) electrons. The predicted octanol–water partition coefficient (Wildman–Crippen LogP) is 2.05. The number of carbonyl (C=O) groups is 1. The number of hydrogen-bond donors (Lipinski definition) is 0. The smallest absolute Gasteiger partial charge is 0.243 e. The van der Waals surface area contributed by atoms with Crippen molar-refractivity contribution < 1.29 is 17.6 Å². The first kappa shape index (κ1) is 19.1. The van der Waals surface area contributed by atoms with Gasteiger partial charge in [0.15, 0.2) is 0 Å². The van der Waals surface area contributed by atoms with Crippen LogP contribution in [0.5, 0.6) is 0 Å². The van der Waals surface area contributed by atoms with Crippen LogP contribution in [0, 0.1) is 12.7 Å². The lowest BCUT2D eigenvalue weighted by atomic mass is 10.2. The van der Waals surface area contributed by atoms with Gasteiger partial charge in [0.2, 0.25) is 15.9 Å². The highest BCUT2D eigenvalue weighted by Gasteiger charge is 2.30. The summed E-state index contributed by atoms with van der Waals surface area (Å²) in [4.78, 5) is 18.1. The summed E-state index contributed by atoms with van der Waals surface area (Å²) in [6.07, 6.45) is 3.75. The van der Waals surface area contributed by atoms with Crippen LogP contribution in [-0.4, -0.2) is 46.2 Å². The lowest BCUT2D eigenvalue weighted by molar-refractivity contribution is -0.128. The van der Waals surface area contributed by atoms with E-state index in [0.29, 0.717) is 44.6 Å². The molecular weight excluding hydrogens is 383 g/mol. The molecule has 1 saturated heterocycles. The van der Waals surface area contributed by atoms with Crippen LogP contribution in [0.4, 0.5) is 4.39 Å². The van der Waals surface area contributed by atoms with Gasteiger partial charge in [0.25, 0.3) is 0 Å². The van der Waals surface area contributed by atoms with Crippen molar-refractivity contribution in [1.82, 2.24) is 18.8 Å². The lowest BCUT2D eigenvalue weighted by Gasteiger charge is -2.21. The SMILES string of the molecule is Cc1ccc(S(=O)(=O)N2CCCn3cnc(CN4CCCC4=O)c3C2)cc1F. The molecule has 28 heavy (non-hydrogen) atoms. The van der Waals surface area contributed by atoms with Gasteiger partial charge in [0.1, 0.15) is 5.82 Å². The van der Waals surface area contributed by atoms with E-state index >= 15 is 0 Å². The van der Waals surface area contributed by atoms with E-state index in [9.17, 15) is 17.6 Å². The van der Waals surface area contributed by atoms with Crippen LogP contribution in [0.15, 0.2) is 29.4 Å². The number of benzene rings is 1. The van der Waals surface area contributed by atoms with Crippen molar-refractivity contribution in [3.05, 3.63) is 47.3 Å². The van der Waals surface area contributed by atoms with E-state index in [4.69, 9.17) is 0 Å². The molecule has 0 saturated carbocycles. The van der Waals surface area contributed by atoms with E-state index < -0.39 is 15.8 Å². The fraction of sp³-hybridized carbons (Fsp3) is 0.474. The molecule has 2 aromatic rings. The molecule has 1 aromatic carbocycles. The topological polar surface area (TPSA) is 75.5 Å². The first-order valence-corrected chi connectivity index (χ1v) is 10.9. The Hall–Kier alpha value is -2.26. The Bertz CT molecular complexity index is 1020. The van der Waals surface area contributed by atoms with Gasteiger partial charge in [-0.1, -0.05) is 6.07 Å². The second-order valence-electron chi connectivity index (χ2n) is 7.35. The minimum Gasteiger partial charge on any atom is -0.337 e. The highest BCUT2D eigenvalue weighted by molar-refractivity contribution is 7.89. The fourth-order valence-electron chi connectivity index (χ4n) is 3.76. The Morgan fingerprint density at radius 3 is 2.71 bits per heavy atom.